The fraction of sp³-hybridized carbons (Fsp3) is 0.615. The Morgan fingerprint density at radius 3 is 2.86 bits per heavy atom. The molecule has 0 aliphatic carbocycles. The molecule has 21 heavy (non-hydrogen) atoms. The molecule has 0 aromatic carbocycles. The largest absolute Gasteiger partial charge is 0.338 e. The topological polar surface area (TPSA) is 66.5 Å². The fourth-order valence-electron chi connectivity index (χ4n) is 2.34. The minimum Gasteiger partial charge on any atom is -0.338 e. The normalized spacial score (nSPS) is 21.1. The molecule has 0 spiro atoms. The lowest BCUT2D eigenvalue weighted by atomic mass is 10.2. The van der Waals surface area contributed by atoms with Gasteiger partial charge in [0.15, 0.2) is 9.84 Å². The van der Waals surface area contributed by atoms with Crippen molar-refractivity contribution in [2.24, 2.45) is 0 Å². The van der Waals surface area contributed by atoms with Crippen LogP contribution in [0.15, 0.2) is 12.1 Å². The number of hydrogen-bond acceptors (Lipinski definition) is 5. The van der Waals surface area contributed by atoms with Crippen molar-refractivity contribution < 1.29 is 13.2 Å². The summed E-state index contributed by atoms with van der Waals surface area (Å²) in [5, 5.41) is 3.11. The zero-order valence-corrected chi connectivity index (χ0v) is 14.2. The number of amides is 1. The van der Waals surface area contributed by atoms with E-state index in [4.69, 9.17) is 11.6 Å². The highest BCUT2D eigenvalue weighted by atomic mass is 35.5. The summed E-state index contributed by atoms with van der Waals surface area (Å²) in [6.45, 7) is 3.45. The van der Waals surface area contributed by atoms with Crippen molar-refractivity contribution in [3.8, 4) is 0 Å². The molecule has 2 heterocycles. The Kier molecular flexibility index (Phi) is 5.65. The quantitative estimate of drug-likeness (QED) is 0.874. The highest BCUT2D eigenvalue weighted by Crippen LogP contribution is 2.23. The van der Waals surface area contributed by atoms with Crippen LogP contribution in [0.5, 0.6) is 0 Å². The van der Waals surface area contributed by atoms with Gasteiger partial charge in [-0.3, -0.25) is 4.79 Å². The molecule has 0 radical (unpaired) electrons. The Labute approximate surface area is 134 Å². The summed E-state index contributed by atoms with van der Waals surface area (Å²) in [6, 6.07) is 3.44. The van der Waals surface area contributed by atoms with E-state index in [1.54, 1.807) is 4.90 Å². The molecule has 8 heteroatoms. The first-order valence-electron chi connectivity index (χ1n) is 6.85. The third kappa shape index (κ3) is 4.95. The van der Waals surface area contributed by atoms with Crippen LogP contribution in [0.2, 0.25) is 4.34 Å². The van der Waals surface area contributed by atoms with Crippen LogP contribution in [-0.2, 0) is 21.2 Å². The van der Waals surface area contributed by atoms with Crippen molar-refractivity contribution in [2.45, 2.75) is 25.9 Å². The summed E-state index contributed by atoms with van der Waals surface area (Å²) < 4.78 is 23.9. The first-order chi connectivity index (χ1) is 9.89. The van der Waals surface area contributed by atoms with E-state index in [0.717, 1.165) is 4.88 Å². The zero-order chi connectivity index (χ0) is 15.5. The van der Waals surface area contributed by atoms with Crippen LogP contribution in [0.3, 0.4) is 0 Å². The van der Waals surface area contributed by atoms with Gasteiger partial charge in [0.05, 0.1) is 22.4 Å². The van der Waals surface area contributed by atoms with Crippen molar-refractivity contribution in [1.82, 2.24) is 10.2 Å². The number of thiophene rings is 1. The van der Waals surface area contributed by atoms with E-state index in [2.05, 4.69) is 5.32 Å². The first kappa shape index (κ1) is 16.7. The second kappa shape index (κ2) is 7.09. The standard InChI is InChI=1S/C13H19ClN2O3S2/c1-2-16(8-11-3-4-12(14)20-11)13(17)7-10-9-21(18,19)6-5-15-10/h3-4,10,15H,2,5-9H2,1H3. The van der Waals surface area contributed by atoms with Gasteiger partial charge in [-0.25, -0.2) is 8.42 Å². The summed E-state index contributed by atoms with van der Waals surface area (Å²) in [5.41, 5.74) is 0. The molecule has 1 amide bonds. The van der Waals surface area contributed by atoms with Crippen molar-refractivity contribution in [3.63, 3.8) is 0 Å². The summed E-state index contributed by atoms with van der Waals surface area (Å²) in [7, 11) is -3.01. The molecule has 2 rings (SSSR count). The number of carbonyl (C=O) groups is 1. The van der Waals surface area contributed by atoms with Crippen molar-refractivity contribution >= 4 is 38.7 Å². The lowest BCUT2D eigenvalue weighted by Gasteiger charge is -2.26. The molecule has 1 aromatic rings. The number of halogens is 1. The van der Waals surface area contributed by atoms with Gasteiger partial charge in [0.1, 0.15) is 0 Å². The van der Waals surface area contributed by atoms with E-state index in [-0.39, 0.29) is 29.9 Å². The predicted octanol–water partition coefficient (Wildman–Crippen LogP) is 1.53. The Hall–Kier alpha value is -0.630. The zero-order valence-electron chi connectivity index (χ0n) is 11.8. The molecule has 118 valence electrons. The maximum Gasteiger partial charge on any atom is 0.224 e. The maximum absolute atomic E-state index is 12.3. The van der Waals surface area contributed by atoms with Gasteiger partial charge in [-0.2, -0.15) is 0 Å². The lowest BCUT2D eigenvalue weighted by molar-refractivity contribution is -0.132. The minimum absolute atomic E-state index is 0.0309. The van der Waals surface area contributed by atoms with E-state index < -0.39 is 9.84 Å². The van der Waals surface area contributed by atoms with Gasteiger partial charge in [-0.15, -0.1) is 11.3 Å². The van der Waals surface area contributed by atoms with Gasteiger partial charge in [-0.1, -0.05) is 11.6 Å². The molecule has 1 saturated heterocycles. The van der Waals surface area contributed by atoms with Crippen LogP contribution in [0.25, 0.3) is 0 Å². The Morgan fingerprint density at radius 2 is 2.29 bits per heavy atom. The Balaban J connectivity index is 1.93. The number of carbonyl (C=O) groups excluding carboxylic acids is 1. The number of sulfone groups is 1. The van der Waals surface area contributed by atoms with Gasteiger partial charge in [0, 0.05) is 30.4 Å². The van der Waals surface area contributed by atoms with Crippen LogP contribution < -0.4 is 5.32 Å². The minimum atomic E-state index is -3.01. The van der Waals surface area contributed by atoms with Crippen LogP contribution in [0.4, 0.5) is 0 Å². The third-order valence-corrected chi connectivity index (χ3v) is 6.38. The van der Waals surface area contributed by atoms with E-state index in [9.17, 15) is 13.2 Å². The Bertz CT molecular complexity index is 600. The SMILES string of the molecule is CCN(Cc1ccc(Cl)s1)C(=O)CC1CS(=O)(=O)CCN1. The summed E-state index contributed by atoms with van der Waals surface area (Å²) in [5.74, 6) is 0.168. The van der Waals surface area contributed by atoms with Gasteiger partial charge < -0.3 is 10.2 Å². The molecule has 0 bridgehead atoms. The highest BCUT2D eigenvalue weighted by molar-refractivity contribution is 7.91. The lowest BCUT2D eigenvalue weighted by Crippen LogP contribution is -2.47. The van der Waals surface area contributed by atoms with Gasteiger partial charge >= 0.3 is 0 Å². The van der Waals surface area contributed by atoms with Crippen LogP contribution in [0, 0.1) is 0 Å². The average molecular weight is 351 g/mol. The van der Waals surface area contributed by atoms with Crippen LogP contribution in [0.1, 0.15) is 18.2 Å². The fourth-order valence-corrected chi connectivity index (χ4v) is 4.89. The van der Waals surface area contributed by atoms with E-state index in [1.807, 2.05) is 19.1 Å². The van der Waals surface area contributed by atoms with Gasteiger partial charge in [-0.05, 0) is 19.1 Å². The van der Waals surface area contributed by atoms with Crippen LogP contribution in [-0.4, -0.2) is 49.9 Å². The number of rotatable bonds is 5. The number of nitrogens with zero attached hydrogens (tertiary/aromatic N) is 1. The molecule has 1 aromatic heterocycles. The molecule has 1 aliphatic rings. The second-order valence-corrected chi connectivity index (χ2v) is 9.11. The molecule has 1 atom stereocenters. The van der Waals surface area contributed by atoms with Crippen LogP contribution >= 0.6 is 22.9 Å². The monoisotopic (exact) mass is 350 g/mol. The smallest absolute Gasteiger partial charge is 0.224 e. The van der Waals surface area contributed by atoms with Crippen molar-refractivity contribution in [2.75, 3.05) is 24.6 Å². The van der Waals surface area contributed by atoms with E-state index in [1.165, 1.54) is 11.3 Å². The summed E-state index contributed by atoms with van der Waals surface area (Å²) >= 11 is 7.35. The molecular weight excluding hydrogens is 332 g/mol. The first-order valence-corrected chi connectivity index (χ1v) is 9.87. The number of nitrogens with one attached hydrogen (secondary N) is 1. The maximum atomic E-state index is 12.3. The third-order valence-electron chi connectivity index (χ3n) is 3.43. The molecular formula is C13H19ClN2O3S2. The molecule has 1 unspecified atom stereocenters. The molecule has 1 aliphatic heterocycles. The van der Waals surface area contributed by atoms with Gasteiger partial charge in [0.25, 0.3) is 0 Å². The van der Waals surface area contributed by atoms with E-state index in [0.29, 0.717) is 24.0 Å². The van der Waals surface area contributed by atoms with Gasteiger partial charge in [0.2, 0.25) is 5.91 Å². The molecule has 5 nitrogen and oxygen atoms in total. The highest BCUT2D eigenvalue weighted by Gasteiger charge is 2.27. The second-order valence-electron chi connectivity index (χ2n) is 5.08. The molecule has 1 N–H and O–H groups in total. The Morgan fingerprint density at radius 1 is 1.52 bits per heavy atom. The molecule has 1 fully saturated rings. The summed E-state index contributed by atoms with van der Waals surface area (Å²) in [6.07, 6.45) is 0.214. The predicted molar refractivity (Wildman–Crippen MR) is 85.5 cm³/mol. The molecule has 0 saturated carbocycles. The average Bonchev–Trinajstić information content (AvgIpc) is 2.80. The summed E-state index contributed by atoms with van der Waals surface area (Å²) in [4.78, 5) is 15.1. The van der Waals surface area contributed by atoms with E-state index >= 15 is 0 Å². The van der Waals surface area contributed by atoms with Crippen molar-refractivity contribution in [3.05, 3.63) is 21.3 Å². The van der Waals surface area contributed by atoms with Crippen molar-refractivity contribution in [1.29, 1.82) is 0 Å². The number of hydrogen-bond donors (Lipinski definition) is 1.